The van der Waals surface area contributed by atoms with Crippen LogP contribution in [-0.2, 0) is 6.42 Å². The highest BCUT2D eigenvalue weighted by Crippen LogP contribution is 2.17. The summed E-state index contributed by atoms with van der Waals surface area (Å²) in [6.07, 6.45) is 1.72. The van der Waals surface area contributed by atoms with E-state index in [0.29, 0.717) is 12.0 Å². The Balaban J connectivity index is 2.79. The number of aromatic nitrogens is 2. The second-order valence-electron chi connectivity index (χ2n) is 4.34. The summed E-state index contributed by atoms with van der Waals surface area (Å²) >= 11 is 0. The highest BCUT2D eigenvalue weighted by Gasteiger charge is 2.17. The predicted molar refractivity (Wildman–Crippen MR) is 70.9 cm³/mol. The number of hydrogen-bond donors (Lipinski definition) is 1. The Bertz CT molecular complexity index is 717. The zero-order valence-electron chi connectivity index (χ0n) is 11.1. The van der Waals surface area contributed by atoms with Crippen LogP contribution in [0.1, 0.15) is 28.5 Å². The molecule has 1 N–H and O–H groups in total. The number of carbonyl (C=O) groups is 1. The van der Waals surface area contributed by atoms with Gasteiger partial charge >= 0.3 is 5.97 Å². The molecule has 0 unspecified atom stereocenters. The van der Waals surface area contributed by atoms with Crippen LogP contribution < -0.4 is 5.43 Å². The van der Waals surface area contributed by atoms with E-state index >= 15 is 0 Å². The molecule has 2 rings (SSSR count). The van der Waals surface area contributed by atoms with Crippen molar-refractivity contribution in [1.29, 1.82) is 0 Å². The third-order valence-electron chi connectivity index (χ3n) is 2.99. The Kier molecular flexibility index (Phi) is 3.65. The number of rotatable bonds is 3. The van der Waals surface area contributed by atoms with Gasteiger partial charge in [-0.3, -0.25) is 4.79 Å². The highest BCUT2D eigenvalue weighted by molar-refractivity contribution is 5.85. The number of aryl methyl sites for hydroxylation is 2. The lowest BCUT2D eigenvalue weighted by atomic mass is 10.1. The summed E-state index contributed by atoms with van der Waals surface area (Å²) in [6.45, 7) is 3.41. The fraction of sp³-hybridized carbons (Fsp3) is 0.214. The molecule has 20 heavy (non-hydrogen) atoms. The summed E-state index contributed by atoms with van der Waals surface area (Å²) in [4.78, 5) is 22.9. The lowest BCUT2D eigenvalue weighted by Crippen LogP contribution is -2.25. The molecule has 5 nitrogen and oxygen atoms in total. The van der Waals surface area contributed by atoms with Crippen LogP contribution in [0.4, 0.5) is 4.39 Å². The highest BCUT2D eigenvalue weighted by atomic mass is 19.1. The Morgan fingerprint density at radius 1 is 1.45 bits per heavy atom. The van der Waals surface area contributed by atoms with E-state index in [1.54, 1.807) is 26.0 Å². The van der Waals surface area contributed by atoms with E-state index in [0.717, 1.165) is 4.68 Å². The fourth-order valence-electron chi connectivity index (χ4n) is 1.96. The molecule has 0 spiro atoms. The fourth-order valence-corrected chi connectivity index (χ4v) is 1.96. The monoisotopic (exact) mass is 276 g/mol. The molecule has 1 aromatic heterocycles. The van der Waals surface area contributed by atoms with Gasteiger partial charge in [-0.15, -0.1) is 0 Å². The number of para-hydroxylation sites is 1. The SMILES string of the molecule is CCc1cn(-c2c(C)cccc2F)nc(C(=O)O)c1=O. The van der Waals surface area contributed by atoms with Crippen molar-refractivity contribution in [2.45, 2.75) is 20.3 Å². The largest absolute Gasteiger partial charge is 0.476 e. The van der Waals surface area contributed by atoms with Gasteiger partial charge in [0.1, 0.15) is 11.5 Å². The molecule has 2 aromatic rings. The van der Waals surface area contributed by atoms with Crippen LogP contribution in [-0.4, -0.2) is 20.9 Å². The van der Waals surface area contributed by atoms with Gasteiger partial charge in [0.05, 0.1) is 0 Å². The molecule has 0 aliphatic rings. The zero-order valence-corrected chi connectivity index (χ0v) is 11.1. The normalized spacial score (nSPS) is 10.6. The second-order valence-corrected chi connectivity index (χ2v) is 4.34. The summed E-state index contributed by atoms with van der Waals surface area (Å²) in [7, 11) is 0. The van der Waals surface area contributed by atoms with Crippen molar-refractivity contribution in [3.8, 4) is 5.69 Å². The third kappa shape index (κ3) is 2.32. The zero-order chi connectivity index (χ0) is 14.9. The molecule has 0 radical (unpaired) electrons. The average molecular weight is 276 g/mol. The molecule has 0 bridgehead atoms. The van der Waals surface area contributed by atoms with E-state index in [-0.39, 0.29) is 11.3 Å². The first-order chi connectivity index (χ1) is 9.45. The van der Waals surface area contributed by atoms with Crippen molar-refractivity contribution in [3.05, 3.63) is 57.3 Å². The summed E-state index contributed by atoms with van der Waals surface area (Å²) < 4.78 is 15.0. The van der Waals surface area contributed by atoms with E-state index in [1.165, 1.54) is 12.3 Å². The molecule has 0 aliphatic carbocycles. The average Bonchev–Trinajstić information content (AvgIpc) is 2.39. The number of carboxylic acid groups (broad SMARTS) is 1. The lowest BCUT2D eigenvalue weighted by Gasteiger charge is -2.11. The molecule has 0 atom stereocenters. The Morgan fingerprint density at radius 3 is 2.70 bits per heavy atom. The van der Waals surface area contributed by atoms with Crippen molar-refractivity contribution in [2.75, 3.05) is 0 Å². The van der Waals surface area contributed by atoms with Crippen molar-refractivity contribution in [3.63, 3.8) is 0 Å². The number of benzene rings is 1. The van der Waals surface area contributed by atoms with Gasteiger partial charge in [0.25, 0.3) is 0 Å². The molecular formula is C14H13FN2O3. The van der Waals surface area contributed by atoms with Gasteiger partial charge in [-0.2, -0.15) is 5.10 Å². The van der Waals surface area contributed by atoms with Crippen LogP contribution in [0, 0.1) is 12.7 Å². The van der Waals surface area contributed by atoms with Crippen LogP contribution in [0.5, 0.6) is 0 Å². The molecular weight excluding hydrogens is 263 g/mol. The molecule has 1 aromatic carbocycles. The second kappa shape index (κ2) is 5.24. The number of carboxylic acids is 1. The van der Waals surface area contributed by atoms with Gasteiger partial charge in [0.15, 0.2) is 0 Å². The van der Waals surface area contributed by atoms with E-state index in [1.807, 2.05) is 0 Å². The lowest BCUT2D eigenvalue weighted by molar-refractivity contribution is 0.0686. The van der Waals surface area contributed by atoms with Gasteiger partial charge in [-0.05, 0) is 25.0 Å². The quantitative estimate of drug-likeness (QED) is 0.929. The molecule has 0 saturated heterocycles. The van der Waals surface area contributed by atoms with E-state index in [9.17, 15) is 14.0 Å². The number of nitrogens with zero attached hydrogens (tertiary/aromatic N) is 2. The first-order valence-electron chi connectivity index (χ1n) is 6.07. The third-order valence-corrected chi connectivity index (χ3v) is 2.99. The summed E-state index contributed by atoms with van der Waals surface area (Å²) in [5, 5.41) is 12.8. The van der Waals surface area contributed by atoms with E-state index in [2.05, 4.69) is 5.10 Å². The van der Waals surface area contributed by atoms with Crippen LogP contribution in [0.25, 0.3) is 5.69 Å². The Morgan fingerprint density at radius 2 is 2.15 bits per heavy atom. The first-order valence-corrected chi connectivity index (χ1v) is 6.07. The minimum atomic E-state index is -1.42. The van der Waals surface area contributed by atoms with E-state index < -0.39 is 22.9 Å². The van der Waals surface area contributed by atoms with Crippen molar-refractivity contribution in [1.82, 2.24) is 9.78 Å². The van der Waals surface area contributed by atoms with Gasteiger partial charge in [0.2, 0.25) is 11.1 Å². The van der Waals surface area contributed by atoms with Crippen LogP contribution in [0.2, 0.25) is 0 Å². The molecule has 0 aliphatic heterocycles. The number of aromatic carboxylic acids is 1. The first kappa shape index (κ1) is 13.9. The summed E-state index contributed by atoms with van der Waals surface area (Å²) in [5.41, 5.74) is -0.221. The topological polar surface area (TPSA) is 72.2 Å². The minimum absolute atomic E-state index is 0.143. The molecule has 6 heteroatoms. The van der Waals surface area contributed by atoms with Gasteiger partial charge in [-0.25, -0.2) is 13.9 Å². The number of halogens is 1. The Labute approximate surface area is 114 Å². The standard InChI is InChI=1S/C14H13FN2O3/c1-3-9-7-17(16-11(13(9)18)14(19)20)12-8(2)5-4-6-10(12)15/h4-7H,3H2,1-2H3,(H,19,20). The Hall–Kier alpha value is -2.50. The van der Waals surface area contributed by atoms with Crippen molar-refractivity contribution < 1.29 is 14.3 Å². The van der Waals surface area contributed by atoms with Crippen molar-refractivity contribution in [2.24, 2.45) is 0 Å². The van der Waals surface area contributed by atoms with Gasteiger partial charge < -0.3 is 5.11 Å². The van der Waals surface area contributed by atoms with Crippen LogP contribution >= 0.6 is 0 Å². The molecule has 0 saturated carbocycles. The molecule has 1 heterocycles. The maximum absolute atomic E-state index is 13.9. The summed E-state index contributed by atoms with van der Waals surface area (Å²) in [6, 6.07) is 4.49. The van der Waals surface area contributed by atoms with Crippen LogP contribution in [0.15, 0.2) is 29.2 Å². The smallest absolute Gasteiger partial charge is 0.360 e. The predicted octanol–water partition coefficient (Wildman–Crippen LogP) is 1.94. The van der Waals surface area contributed by atoms with Crippen LogP contribution in [0.3, 0.4) is 0 Å². The summed E-state index contributed by atoms with van der Waals surface area (Å²) in [5.74, 6) is -1.95. The number of hydrogen-bond acceptors (Lipinski definition) is 3. The van der Waals surface area contributed by atoms with Crippen molar-refractivity contribution >= 4 is 5.97 Å². The maximum Gasteiger partial charge on any atom is 0.360 e. The van der Waals surface area contributed by atoms with Gasteiger partial charge in [-0.1, -0.05) is 19.1 Å². The van der Waals surface area contributed by atoms with E-state index in [4.69, 9.17) is 5.11 Å². The molecule has 0 amide bonds. The molecule has 104 valence electrons. The minimum Gasteiger partial charge on any atom is -0.476 e. The maximum atomic E-state index is 13.9. The van der Waals surface area contributed by atoms with Gasteiger partial charge in [0, 0.05) is 11.8 Å². The molecule has 0 fully saturated rings.